The third-order valence-electron chi connectivity index (χ3n) is 3.99. The molecule has 0 saturated carbocycles. The maximum atomic E-state index is 13.4. The summed E-state index contributed by atoms with van der Waals surface area (Å²) in [6, 6.07) is 3.18. The number of imidazole rings is 1. The van der Waals surface area contributed by atoms with E-state index >= 15 is 0 Å². The van der Waals surface area contributed by atoms with Crippen molar-refractivity contribution in [3.05, 3.63) is 42.6 Å². The molecule has 0 bridgehead atoms. The molecule has 1 saturated heterocycles. The molecular formula is C16H19F2N5O. The van der Waals surface area contributed by atoms with Gasteiger partial charge in [-0.25, -0.2) is 23.5 Å². The highest BCUT2D eigenvalue weighted by Crippen LogP contribution is 2.27. The first kappa shape index (κ1) is 16.4. The number of amides is 2. The number of hydrogen-bond donors (Lipinski definition) is 1. The first-order valence-electron chi connectivity index (χ1n) is 7.86. The second-order valence-corrected chi connectivity index (χ2v) is 5.91. The smallest absolute Gasteiger partial charge is 0.323 e. The second-order valence-electron chi connectivity index (χ2n) is 5.91. The molecule has 3 heterocycles. The summed E-state index contributed by atoms with van der Waals surface area (Å²) in [5.74, 6) is -2.27. The molecule has 1 aliphatic heterocycles. The lowest BCUT2D eigenvalue weighted by molar-refractivity contribution is -0.0121. The number of likely N-dealkylation sites (tertiary alicyclic amines) is 1. The molecule has 2 aromatic rings. The van der Waals surface area contributed by atoms with Gasteiger partial charge in [-0.05, 0) is 18.1 Å². The summed E-state index contributed by atoms with van der Waals surface area (Å²) in [7, 11) is 0. The Kier molecular flexibility index (Phi) is 4.73. The molecule has 128 valence electrons. The zero-order valence-corrected chi connectivity index (χ0v) is 13.2. The summed E-state index contributed by atoms with van der Waals surface area (Å²) in [5, 5.41) is 2.66. The number of pyridine rings is 1. The molecule has 0 atom stereocenters. The van der Waals surface area contributed by atoms with Gasteiger partial charge in [0.15, 0.2) is 0 Å². The van der Waals surface area contributed by atoms with Gasteiger partial charge in [-0.2, -0.15) is 0 Å². The van der Waals surface area contributed by atoms with Crippen molar-refractivity contribution in [1.82, 2.24) is 19.4 Å². The normalized spacial score (nSPS) is 17.3. The molecule has 1 fully saturated rings. The van der Waals surface area contributed by atoms with E-state index in [-0.39, 0.29) is 25.4 Å². The molecule has 2 aromatic heterocycles. The zero-order valence-electron chi connectivity index (χ0n) is 13.2. The van der Waals surface area contributed by atoms with Gasteiger partial charge in [-0.15, -0.1) is 0 Å². The van der Waals surface area contributed by atoms with Gasteiger partial charge in [-0.1, -0.05) is 6.07 Å². The Morgan fingerprint density at radius 2 is 2.17 bits per heavy atom. The van der Waals surface area contributed by atoms with Gasteiger partial charge in [-0.3, -0.25) is 5.32 Å². The number of carbonyl (C=O) groups is 1. The van der Waals surface area contributed by atoms with E-state index in [1.807, 2.05) is 16.8 Å². The van der Waals surface area contributed by atoms with Crippen LogP contribution in [0, 0.1) is 0 Å². The highest BCUT2D eigenvalue weighted by atomic mass is 19.3. The van der Waals surface area contributed by atoms with E-state index in [9.17, 15) is 13.6 Å². The van der Waals surface area contributed by atoms with E-state index in [0.717, 1.165) is 5.56 Å². The van der Waals surface area contributed by atoms with Crippen molar-refractivity contribution < 1.29 is 13.6 Å². The molecule has 0 aromatic carbocycles. The van der Waals surface area contributed by atoms with E-state index in [2.05, 4.69) is 15.3 Å². The molecule has 0 aliphatic carbocycles. The topological polar surface area (TPSA) is 63.1 Å². The van der Waals surface area contributed by atoms with E-state index in [0.29, 0.717) is 25.3 Å². The summed E-state index contributed by atoms with van der Waals surface area (Å²) in [6.07, 6.45) is 6.78. The minimum absolute atomic E-state index is 0.0531. The number of aromatic nitrogens is 3. The average Bonchev–Trinajstić information content (AvgIpc) is 2.98. The molecule has 1 N–H and O–H groups in total. The summed E-state index contributed by atoms with van der Waals surface area (Å²) in [5.41, 5.74) is 0.973. The van der Waals surface area contributed by atoms with Crippen LogP contribution >= 0.6 is 0 Å². The summed E-state index contributed by atoms with van der Waals surface area (Å²) in [4.78, 5) is 21.8. The monoisotopic (exact) mass is 335 g/mol. The molecule has 24 heavy (non-hydrogen) atoms. The van der Waals surface area contributed by atoms with Crippen LogP contribution < -0.4 is 5.32 Å². The predicted molar refractivity (Wildman–Crippen MR) is 85.0 cm³/mol. The minimum Gasteiger partial charge on any atom is -0.333 e. The summed E-state index contributed by atoms with van der Waals surface area (Å²) in [6.45, 7) is 1.03. The Bertz CT molecular complexity index is 672. The Balaban J connectivity index is 1.56. The van der Waals surface area contributed by atoms with Crippen LogP contribution in [0.2, 0.25) is 0 Å². The molecule has 3 rings (SSSR count). The highest BCUT2D eigenvalue weighted by molar-refractivity contribution is 5.88. The third-order valence-corrected chi connectivity index (χ3v) is 3.99. The van der Waals surface area contributed by atoms with Crippen molar-refractivity contribution in [1.29, 1.82) is 0 Å². The standard InChI is InChI=1S/C16H19F2N5O/c17-16(18)4-1-7-23(8-5-16)15(24)21-14-3-2-13(10-20-14)11-22-9-6-19-12-22/h2-3,6,9-10,12H,1,4-5,7-8,11H2,(H,20,21,24). The quantitative estimate of drug-likeness (QED) is 0.938. The van der Waals surface area contributed by atoms with Gasteiger partial charge in [0.2, 0.25) is 5.92 Å². The van der Waals surface area contributed by atoms with Crippen LogP contribution in [0.25, 0.3) is 0 Å². The van der Waals surface area contributed by atoms with Gasteiger partial charge in [0.25, 0.3) is 0 Å². The number of carbonyl (C=O) groups excluding carboxylic acids is 1. The number of halogens is 2. The average molecular weight is 335 g/mol. The molecule has 1 aliphatic rings. The van der Waals surface area contributed by atoms with Crippen molar-refractivity contribution in [2.75, 3.05) is 18.4 Å². The van der Waals surface area contributed by atoms with Gasteiger partial charge < -0.3 is 9.47 Å². The van der Waals surface area contributed by atoms with Gasteiger partial charge >= 0.3 is 6.03 Å². The van der Waals surface area contributed by atoms with Gasteiger partial charge in [0.1, 0.15) is 5.82 Å². The first-order chi connectivity index (χ1) is 11.5. The van der Waals surface area contributed by atoms with Gasteiger partial charge in [0, 0.05) is 51.1 Å². The molecule has 0 spiro atoms. The van der Waals surface area contributed by atoms with Crippen LogP contribution in [0.1, 0.15) is 24.8 Å². The van der Waals surface area contributed by atoms with E-state index in [4.69, 9.17) is 0 Å². The molecule has 0 radical (unpaired) electrons. The van der Waals surface area contributed by atoms with Crippen molar-refractivity contribution in [3.63, 3.8) is 0 Å². The Labute approximate surface area is 138 Å². The molecule has 8 heteroatoms. The highest BCUT2D eigenvalue weighted by Gasteiger charge is 2.33. The summed E-state index contributed by atoms with van der Waals surface area (Å²) < 4.78 is 28.6. The number of nitrogens with one attached hydrogen (secondary N) is 1. The van der Waals surface area contributed by atoms with Crippen molar-refractivity contribution in [2.45, 2.75) is 31.7 Å². The maximum absolute atomic E-state index is 13.4. The number of alkyl halides is 2. The first-order valence-corrected chi connectivity index (χ1v) is 7.86. The fourth-order valence-corrected chi connectivity index (χ4v) is 2.64. The predicted octanol–water partition coefficient (Wildman–Crippen LogP) is 2.98. The third kappa shape index (κ3) is 4.27. The van der Waals surface area contributed by atoms with E-state index < -0.39 is 5.92 Å². The Morgan fingerprint density at radius 1 is 1.29 bits per heavy atom. The lowest BCUT2D eigenvalue weighted by atomic mass is 10.1. The van der Waals surface area contributed by atoms with Crippen LogP contribution in [-0.4, -0.2) is 44.5 Å². The number of urea groups is 1. The van der Waals surface area contributed by atoms with Crippen LogP contribution in [0.15, 0.2) is 37.1 Å². The SMILES string of the molecule is O=C(Nc1ccc(Cn2ccnc2)cn1)N1CCCC(F)(F)CC1. The largest absolute Gasteiger partial charge is 0.333 e. The van der Waals surface area contributed by atoms with Crippen molar-refractivity contribution in [3.8, 4) is 0 Å². The van der Waals surface area contributed by atoms with Crippen LogP contribution in [0.3, 0.4) is 0 Å². The molecule has 0 unspecified atom stereocenters. The van der Waals surface area contributed by atoms with Crippen molar-refractivity contribution >= 4 is 11.8 Å². The molecule has 2 amide bonds. The number of anilines is 1. The Hall–Kier alpha value is -2.51. The lowest BCUT2D eigenvalue weighted by Crippen LogP contribution is -2.36. The van der Waals surface area contributed by atoms with Crippen LogP contribution in [-0.2, 0) is 6.54 Å². The van der Waals surface area contributed by atoms with Crippen LogP contribution in [0.4, 0.5) is 19.4 Å². The molecular weight excluding hydrogens is 316 g/mol. The number of hydrogen-bond acceptors (Lipinski definition) is 3. The second kappa shape index (κ2) is 6.94. The van der Waals surface area contributed by atoms with Gasteiger partial charge in [0.05, 0.1) is 6.33 Å². The summed E-state index contributed by atoms with van der Waals surface area (Å²) >= 11 is 0. The van der Waals surface area contributed by atoms with Crippen molar-refractivity contribution in [2.24, 2.45) is 0 Å². The fourth-order valence-electron chi connectivity index (χ4n) is 2.64. The van der Waals surface area contributed by atoms with E-state index in [1.165, 1.54) is 4.90 Å². The fraction of sp³-hybridized carbons (Fsp3) is 0.438. The zero-order chi connectivity index (χ0) is 17.0. The van der Waals surface area contributed by atoms with E-state index in [1.54, 1.807) is 24.8 Å². The number of nitrogens with zero attached hydrogens (tertiary/aromatic N) is 4. The number of rotatable bonds is 3. The molecule has 6 nitrogen and oxygen atoms in total. The van der Waals surface area contributed by atoms with Crippen LogP contribution in [0.5, 0.6) is 0 Å². The maximum Gasteiger partial charge on any atom is 0.323 e. The lowest BCUT2D eigenvalue weighted by Gasteiger charge is -2.20. The minimum atomic E-state index is -2.68. The Morgan fingerprint density at radius 3 is 2.88 bits per heavy atom.